The number of benzene rings is 1. The zero-order valence-electron chi connectivity index (χ0n) is 8.69. The molecule has 1 heterocycles. The van der Waals surface area contributed by atoms with Gasteiger partial charge in [-0.3, -0.25) is 0 Å². The third kappa shape index (κ3) is 1.95. The highest BCUT2D eigenvalue weighted by Crippen LogP contribution is 2.35. The van der Waals surface area contributed by atoms with Crippen LogP contribution in [0.4, 0.5) is 8.78 Å². The highest BCUT2D eigenvalue weighted by atomic mass is 19.3. The predicted molar refractivity (Wildman–Crippen MR) is 53.2 cm³/mol. The molecule has 0 spiro atoms. The fourth-order valence-corrected chi connectivity index (χ4v) is 1.70. The molecule has 1 unspecified atom stereocenters. The van der Waals surface area contributed by atoms with Crippen LogP contribution >= 0.6 is 0 Å². The second-order valence-electron chi connectivity index (χ2n) is 3.80. The topological polar surface area (TPSA) is 66.8 Å². The Labute approximate surface area is 95.4 Å². The van der Waals surface area contributed by atoms with E-state index >= 15 is 0 Å². The molecule has 0 fully saturated rings. The summed E-state index contributed by atoms with van der Waals surface area (Å²) in [5.41, 5.74) is 0.574. The van der Waals surface area contributed by atoms with Crippen LogP contribution in [0, 0.1) is 0 Å². The van der Waals surface area contributed by atoms with Crippen molar-refractivity contribution in [2.45, 2.75) is 18.4 Å². The number of hydrogen-bond donors (Lipinski definition) is 2. The van der Waals surface area contributed by atoms with E-state index in [1.807, 2.05) is 0 Å². The summed E-state index contributed by atoms with van der Waals surface area (Å²) in [5.74, 6) is -5.96. The number of alkyl halides is 2. The number of hydrogen-bond acceptors (Lipinski definition) is 3. The number of carboxylic acid groups (broad SMARTS) is 1. The lowest BCUT2D eigenvalue weighted by Crippen LogP contribution is -2.35. The molecule has 0 saturated carbocycles. The van der Waals surface area contributed by atoms with Gasteiger partial charge in [-0.05, 0) is 23.3 Å². The summed E-state index contributed by atoms with van der Waals surface area (Å²) in [5, 5.41) is 17.7. The Balaban J connectivity index is 2.32. The zero-order chi connectivity index (χ0) is 12.6. The first kappa shape index (κ1) is 11.8. The molecule has 1 aliphatic rings. The fourth-order valence-electron chi connectivity index (χ4n) is 1.70. The van der Waals surface area contributed by atoms with E-state index in [0.29, 0.717) is 24.3 Å². The number of aliphatic carboxylic acids is 1. The summed E-state index contributed by atoms with van der Waals surface area (Å²) in [6.07, 6.45) is -1.79. The summed E-state index contributed by atoms with van der Waals surface area (Å²) >= 11 is 0. The smallest absolute Gasteiger partial charge is 0.377 e. The second kappa shape index (κ2) is 3.96. The highest BCUT2D eigenvalue weighted by Gasteiger charge is 2.47. The van der Waals surface area contributed by atoms with E-state index in [1.54, 1.807) is 0 Å². The van der Waals surface area contributed by atoms with Crippen molar-refractivity contribution in [1.82, 2.24) is 0 Å². The number of carbonyl (C=O) groups is 1. The first-order valence-corrected chi connectivity index (χ1v) is 4.98. The third-order valence-corrected chi connectivity index (χ3v) is 2.66. The van der Waals surface area contributed by atoms with Crippen molar-refractivity contribution >= 4 is 5.97 Å². The normalized spacial score (nSPS) is 16.2. The summed E-state index contributed by atoms with van der Waals surface area (Å²) in [6.45, 7) is 0.463. The minimum atomic E-state index is -4.20. The summed E-state index contributed by atoms with van der Waals surface area (Å²) < 4.78 is 31.4. The Kier molecular flexibility index (Phi) is 2.74. The van der Waals surface area contributed by atoms with Gasteiger partial charge in [0.1, 0.15) is 5.75 Å². The molecule has 17 heavy (non-hydrogen) atoms. The zero-order valence-corrected chi connectivity index (χ0v) is 8.69. The summed E-state index contributed by atoms with van der Waals surface area (Å²) in [4.78, 5) is 10.3. The lowest BCUT2D eigenvalue weighted by Gasteiger charge is -2.19. The van der Waals surface area contributed by atoms with Crippen molar-refractivity contribution in [3.8, 4) is 5.75 Å². The first-order valence-electron chi connectivity index (χ1n) is 4.98. The molecule has 0 saturated heterocycles. The fraction of sp³-hybridized carbons (Fsp3) is 0.364. The molecule has 0 radical (unpaired) electrons. The Hall–Kier alpha value is -1.69. The van der Waals surface area contributed by atoms with Crippen LogP contribution in [-0.2, 0) is 11.2 Å². The molecule has 1 atom stereocenters. The molecule has 0 aromatic heterocycles. The quantitative estimate of drug-likeness (QED) is 0.842. The van der Waals surface area contributed by atoms with Gasteiger partial charge >= 0.3 is 11.9 Å². The van der Waals surface area contributed by atoms with Gasteiger partial charge in [0.2, 0.25) is 0 Å². The van der Waals surface area contributed by atoms with E-state index in [4.69, 9.17) is 9.84 Å². The number of aliphatic hydroxyl groups excluding tert-OH is 1. The molecular weight excluding hydrogens is 234 g/mol. The van der Waals surface area contributed by atoms with Crippen molar-refractivity contribution in [1.29, 1.82) is 0 Å². The minimum Gasteiger partial charge on any atom is -0.493 e. The van der Waals surface area contributed by atoms with Gasteiger partial charge in [0, 0.05) is 6.42 Å². The standard InChI is InChI=1S/C11H10F2O4/c12-11(13,10(15)16)9(14)7-1-2-8-6(5-7)3-4-17-8/h1-2,5,9,14H,3-4H2,(H,15,16). The van der Waals surface area contributed by atoms with E-state index < -0.39 is 18.0 Å². The molecule has 1 aromatic rings. The third-order valence-electron chi connectivity index (χ3n) is 2.66. The maximum Gasteiger partial charge on any atom is 0.377 e. The number of fused-ring (bicyclic) bond motifs is 1. The average molecular weight is 244 g/mol. The van der Waals surface area contributed by atoms with Crippen molar-refractivity contribution in [3.63, 3.8) is 0 Å². The van der Waals surface area contributed by atoms with Crippen LogP contribution in [0.1, 0.15) is 17.2 Å². The number of halogens is 2. The van der Waals surface area contributed by atoms with E-state index in [9.17, 15) is 18.7 Å². The van der Waals surface area contributed by atoms with Gasteiger partial charge < -0.3 is 14.9 Å². The molecule has 6 heteroatoms. The van der Waals surface area contributed by atoms with Crippen LogP contribution in [-0.4, -0.2) is 28.7 Å². The van der Waals surface area contributed by atoms with Crippen molar-refractivity contribution in [3.05, 3.63) is 29.3 Å². The Morgan fingerprint density at radius 1 is 1.47 bits per heavy atom. The number of aliphatic hydroxyl groups is 1. The molecule has 4 nitrogen and oxygen atoms in total. The van der Waals surface area contributed by atoms with Crippen LogP contribution in [0.25, 0.3) is 0 Å². The van der Waals surface area contributed by atoms with Gasteiger partial charge in [-0.2, -0.15) is 8.78 Å². The van der Waals surface area contributed by atoms with Gasteiger partial charge in [0.05, 0.1) is 6.61 Å². The van der Waals surface area contributed by atoms with Crippen molar-refractivity contribution in [2.24, 2.45) is 0 Å². The Bertz CT molecular complexity index is 459. The van der Waals surface area contributed by atoms with Crippen molar-refractivity contribution in [2.75, 3.05) is 6.61 Å². The van der Waals surface area contributed by atoms with Crippen LogP contribution in [0.3, 0.4) is 0 Å². The van der Waals surface area contributed by atoms with E-state index in [0.717, 1.165) is 0 Å². The Morgan fingerprint density at radius 2 is 2.18 bits per heavy atom. The molecule has 1 aliphatic heterocycles. The number of rotatable bonds is 3. The molecule has 92 valence electrons. The Morgan fingerprint density at radius 3 is 2.82 bits per heavy atom. The summed E-state index contributed by atoms with van der Waals surface area (Å²) in [7, 11) is 0. The van der Waals surface area contributed by atoms with Gasteiger partial charge in [-0.25, -0.2) is 4.79 Å². The van der Waals surface area contributed by atoms with Crippen LogP contribution in [0.5, 0.6) is 5.75 Å². The molecule has 1 aromatic carbocycles. The molecule has 0 amide bonds. The molecule has 0 bridgehead atoms. The highest BCUT2D eigenvalue weighted by molar-refractivity contribution is 5.76. The van der Waals surface area contributed by atoms with Crippen molar-refractivity contribution < 1.29 is 28.5 Å². The molecule has 2 rings (SSSR count). The van der Waals surface area contributed by atoms with Gasteiger partial charge in [-0.1, -0.05) is 6.07 Å². The van der Waals surface area contributed by atoms with E-state index in [2.05, 4.69) is 0 Å². The van der Waals surface area contributed by atoms with Gasteiger partial charge in [-0.15, -0.1) is 0 Å². The molecular formula is C11H10F2O4. The van der Waals surface area contributed by atoms with Crippen LogP contribution < -0.4 is 4.74 Å². The van der Waals surface area contributed by atoms with Gasteiger partial charge in [0.15, 0.2) is 6.10 Å². The largest absolute Gasteiger partial charge is 0.493 e. The monoisotopic (exact) mass is 244 g/mol. The lowest BCUT2D eigenvalue weighted by molar-refractivity contribution is -0.182. The number of ether oxygens (including phenoxy) is 1. The minimum absolute atomic E-state index is 0.123. The SMILES string of the molecule is O=C(O)C(F)(F)C(O)c1ccc2c(c1)CCO2. The summed E-state index contributed by atoms with van der Waals surface area (Å²) in [6, 6.07) is 4.05. The van der Waals surface area contributed by atoms with Gasteiger partial charge in [0.25, 0.3) is 0 Å². The lowest BCUT2D eigenvalue weighted by atomic mass is 10.0. The van der Waals surface area contributed by atoms with Crippen LogP contribution in [0.15, 0.2) is 18.2 Å². The average Bonchev–Trinajstić information content (AvgIpc) is 2.74. The predicted octanol–water partition coefficient (Wildman–Crippen LogP) is 1.37. The second-order valence-corrected chi connectivity index (χ2v) is 3.80. The van der Waals surface area contributed by atoms with E-state index in [-0.39, 0.29) is 5.56 Å². The number of carboxylic acids is 1. The first-order chi connectivity index (χ1) is 7.93. The maximum absolute atomic E-state index is 13.1. The maximum atomic E-state index is 13.1. The van der Waals surface area contributed by atoms with Crippen LogP contribution in [0.2, 0.25) is 0 Å². The molecule has 0 aliphatic carbocycles. The molecule has 2 N–H and O–H groups in total. The van der Waals surface area contributed by atoms with E-state index in [1.165, 1.54) is 18.2 Å².